The van der Waals surface area contributed by atoms with E-state index in [4.69, 9.17) is 0 Å². The predicted molar refractivity (Wildman–Crippen MR) is 56.2 cm³/mol. The van der Waals surface area contributed by atoms with Crippen LogP contribution in [-0.2, 0) is 13.2 Å². The second-order valence-electron chi connectivity index (χ2n) is 3.34. The van der Waals surface area contributed by atoms with Gasteiger partial charge in [0.05, 0.1) is 16.6 Å². The van der Waals surface area contributed by atoms with Crippen molar-refractivity contribution in [2.75, 3.05) is 0 Å². The number of fused-ring (bicyclic) bond motifs is 1. The highest BCUT2D eigenvalue weighted by molar-refractivity contribution is 9.10. The van der Waals surface area contributed by atoms with Crippen molar-refractivity contribution in [1.29, 1.82) is 0 Å². The standard InChI is InChI=1S/C9H6BrF3N2O/c1-15-7-5(9(11,12)13)2-4(10)3-6(7)14-8(15)16/h2-3H,1H3,(H,14,16). The average Bonchev–Trinajstić information content (AvgIpc) is 2.39. The summed E-state index contributed by atoms with van der Waals surface area (Å²) in [6.45, 7) is 0. The first kappa shape index (κ1) is 11.3. The molecule has 86 valence electrons. The number of aromatic amines is 1. The number of nitrogens with zero attached hydrogens (tertiary/aromatic N) is 1. The van der Waals surface area contributed by atoms with Crippen LogP contribution in [0.3, 0.4) is 0 Å². The fourth-order valence-electron chi connectivity index (χ4n) is 1.57. The molecule has 0 bridgehead atoms. The van der Waals surface area contributed by atoms with E-state index >= 15 is 0 Å². The summed E-state index contributed by atoms with van der Waals surface area (Å²) in [7, 11) is 1.30. The third-order valence-electron chi connectivity index (χ3n) is 2.26. The van der Waals surface area contributed by atoms with Crippen LogP contribution < -0.4 is 5.69 Å². The molecule has 1 aromatic carbocycles. The molecule has 3 nitrogen and oxygen atoms in total. The van der Waals surface area contributed by atoms with E-state index in [1.807, 2.05) is 0 Å². The lowest BCUT2D eigenvalue weighted by molar-refractivity contribution is -0.136. The molecule has 0 unspecified atom stereocenters. The van der Waals surface area contributed by atoms with E-state index in [-0.39, 0.29) is 15.5 Å². The summed E-state index contributed by atoms with van der Waals surface area (Å²) in [6.07, 6.45) is -4.49. The highest BCUT2D eigenvalue weighted by Crippen LogP contribution is 2.35. The van der Waals surface area contributed by atoms with Crippen LogP contribution in [-0.4, -0.2) is 9.55 Å². The zero-order valence-electron chi connectivity index (χ0n) is 8.02. The number of benzene rings is 1. The second-order valence-corrected chi connectivity index (χ2v) is 4.25. The van der Waals surface area contributed by atoms with Crippen LogP contribution in [0.1, 0.15) is 5.56 Å². The van der Waals surface area contributed by atoms with Gasteiger partial charge < -0.3 is 4.98 Å². The maximum absolute atomic E-state index is 12.7. The Kier molecular flexibility index (Phi) is 2.37. The Balaban J connectivity index is 2.97. The van der Waals surface area contributed by atoms with Gasteiger partial charge in [0.2, 0.25) is 0 Å². The Hall–Kier alpha value is -1.24. The first-order valence-corrected chi connectivity index (χ1v) is 5.05. The van der Waals surface area contributed by atoms with Gasteiger partial charge >= 0.3 is 11.9 Å². The van der Waals surface area contributed by atoms with Crippen molar-refractivity contribution < 1.29 is 13.2 Å². The largest absolute Gasteiger partial charge is 0.418 e. The van der Waals surface area contributed by atoms with Crippen molar-refractivity contribution in [2.24, 2.45) is 7.05 Å². The molecule has 1 heterocycles. The van der Waals surface area contributed by atoms with E-state index < -0.39 is 17.4 Å². The van der Waals surface area contributed by atoms with Gasteiger partial charge in [-0.1, -0.05) is 15.9 Å². The van der Waals surface area contributed by atoms with Gasteiger partial charge in [-0.05, 0) is 12.1 Å². The summed E-state index contributed by atoms with van der Waals surface area (Å²) < 4.78 is 39.4. The number of nitrogens with one attached hydrogen (secondary N) is 1. The topological polar surface area (TPSA) is 37.8 Å². The van der Waals surface area contributed by atoms with Gasteiger partial charge in [-0.25, -0.2) is 4.79 Å². The van der Waals surface area contributed by atoms with E-state index in [2.05, 4.69) is 20.9 Å². The monoisotopic (exact) mass is 294 g/mol. The minimum Gasteiger partial charge on any atom is -0.305 e. The molecule has 16 heavy (non-hydrogen) atoms. The number of hydrogen-bond donors (Lipinski definition) is 1. The lowest BCUT2D eigenvalue weighted by atomic mass is 10.2. The molecule has 0 radical (unpaired) electrons. The minimum absolute atomic E-state index is 0.138. The number of aromatic nitrogens is 2. The normalized spacial score (nSPS) is 12.3. The molecule has 0 saturated carbocycles. The molecule has 0 atom stereocenters. The molecule has 2 aromatic rings. The van der Waals surface area contributed by atoms with Crippen molar-refractivity contribution in [3.8, 4) is 0 Å². The highest BCUT2D eigenvalue weighted by atomic mass is 79.9. The maximum Gasteiger partial charge on any atom is 0.418 e. The van der Waals surface area contributed by atoms with Gasteiger partial charge in [-0.2, -0.15) is 13.2 Å². The van der Waals surface area contributed by atoms with Crippen LogP contribution in [0.4, 0.5) is 13.2 Å². The smallest absolute Gasteiger partial charge is 0.305 e. The summed E-state index contributed by atoms with van der Waals surface area (Å²) in [5.74, 6) is 0. The second kappa shape index (κ2) is 3.38. The Morgan fingerprint density at radius 3 is 2.56 bits per heavy atom. The van der Waals surface area contributed by atoms with E-state index in [0.29, 0.717) is 0 Å². The molecule has 0 aliphatic carbocycles. The lowest BCUT2D eigenvalue weighted by Crippen LogP contribution is -2.14. The molecule has 1 N–H and O–H groups in total. The summed E-state index contributed by atoms with van der Waals surface area (Å²) >= 11 is 2.98. The number of aryl methyl sites for hydroxylation is 1. The average molecular weight is 295 g/mol. The molecule has 7 heteroatoms. The number of hydrogen-bond acceptors (Lipinski definition) is 1. The Morgan fingerprint density at radius 2 is 2.00 bits per heavy atom. The molecular weight excluding hydrogens is 289 g/mol. The van der Waals surface area contributed by atoms with Crippen molar-refractivity contribution in [3.63, 3.8) is 0 Å². The van der Waals surface area contributed by atoms with Crippen LogP contribution >= 0.6 is 15.9 Å². The maximum atomic E-state index is 12.7. The molecular formula is C9H6BrF3N2O. The van der Waals surface area contributed by atoms with Crippen LogP contribution in [0.2, 0.25) is 0 Å². The molecule has 2 rings (SSSR count). The molecule has 0 saturated heterocycles. The molecule has 0 spiro atoms. The van der Waals surface area contributed by atoms with Gasteiger partial charge in [0, 0.05) is 11.5 Å². The fraction of sp³-hybridized carbons (Fsp3) is 0.222. The first-order chi connectivity index (χ1) is 7.30. The Morgan fingerprint density at radius 1 is 1.38 bits per heavy atom. The molecule has 0 aliphatic rings. The van der Waals surface area contributed by atoms with Crippen LogP contribution in [0.5, 0.6) is 0 Å². The Bertz CT molecular complexity index is 611. The zero-order valence-corrected chi connectivity index (χ0v) is 9.61. The van der Waals surface area contributed by atoms with Crippen molar-refractivity contribution >= 4 is 27.0 Å². The van der Waals surface area contributed by atoms with Crippen LogP contribution in [0.25, 0.3) is 11.0 Å². The summed E-state index contributed by atoms with van der Waals surface area (Å²) in [5.41, 5.74) is -1.38. The number of H-pyrrole nitrogens is 1. The fourth-order valence-corrected chi connectivity index (χ4v) is 2.03. The third kappa shape index (κ3) is 1.64. The van der Waals surface area contributed by atoms with E-state index in [9.17, 15) is 18.0 Å². The molecule has 1 aromatic heterocycles. The van der Waals surface area contributed by atoms with E-state index in [1.165, 1.54) is 13.1 Å². The van der Waals surface area contributed by atoms with Gasteiger partial charge in [-0.3, -0.25) is 4.57 Å². The minimum atomic E-state index is -4.49. The third-order valence-corrected chi connectivity index (χ3v) is 2.72. The van der Waals surface area contributed by atoms with Crippen molar-refractivity contribution in [2.45, 2.75) is 6.18 Å². The Labute approximate surface area is 96.0 Å². The molecule has 0 fully saturated rings. The first-order valence-electron chi connectivity index (χ1n) is 4.26. The van der Waals surface area contributed by atoms with Gasteiger partial charge in [0.15, 0.2) is 0 Å². The van der Waals surface area contributed by atoms with Crippen molar-refractivity contribution in [1.82, 2.24) is 9.55 Å². The SMILES string of the molecule is Cn1c(=O)[nH]c2cc(Br)cc(C(F)(F)F)c21. The van der Waals surface area contributed by atoms with Crippen LogP contribution in [0.15, 0.2) is 21.4 Å². The van der Waals surface area contributed by atoms with E-state index in [1.54, 1.807) is 0 Å². The quantitative estimate of drug-likeness (QED) is 0.797. The van der Waals surface area contributed by atoms with Gasteiger partial charge in [-0.15, -0.1) is 0 Å². The number of rotatable bonds is 0. The number of halogens is 4. The number of alkyl halides is 3. The van der Waals surface area contributed by atoms with Gasteiger partial charge in [0.25, 0.3) is 0 Å². The lowest BCUT2D eigenvalue weighted by Gasteiger charge is -2.09. The number of imidazole rings is 1. The summed E-state index contributed by atoms with van der Waals surface area (Å²) in [4.78, 5) is 13.6. The highest BCUT2D eigenvalue weighted by Gasteiger charge is 2.34. The summed E-state index contributed by atoms with van der Waals surface area (Å²) in [5, 5.41) is 0. The van der Waals surface area contributed by atoms with Crippen LogP contribution in [0, 0.1) is 0 Å². The predicted octanol–water partition coefficient (Wildman–Crippen LogP) is 2.65. The zero-order chi connectivity index (χ0) is 12.1. The van der Waals surface area contributed by atoms with E-state index in [0.717, 1.165) is 10.6 Å². The van der Waals surface area contributed by atoms with Gasteiger partial charge in [0.1, 0.15) is 0 Å². The molecule has 0 amide bonds. The molecule has 0 aliphatic heterocycles. The van der Waals surface area contributed by atoms with Crippen molar-refractivity contribution in [3.05, 3.63) is 32.7 Å². The summed E-state index contributed by atoms with van der Waals surface area (Å²) in [6, 6.07) is 2.39.